The van der Waals surface area contributed by atoms with E-state index in [0.29, 0.717) is 5.41 Å². The summed E-state index contributed by atoms with van der Waals surface area (Å²) < 4.78 is 0. The number of hydrogen-bond acceptors (Lipinski definition) is 0. The van der Waals surface area contributed by atoms with E-state index in [1.807, 2.05) is 6.08 Å². The number of aryl methyl sites for hydroxylation is 1. The van der Waals surface area contributed by atoms with Gasteiger partial charge in [0.05, 0.1) is 0 Å². The first-order valence-electron chi connectivity index (χ1n) is 4.95. The summed E-state index contributed by atoms with van der Waals surface area (Å²) in [5, 5.41) is 0. The summed E-state index contributed by atoms with van der Waals surface area (Å²) in [4.78, 5) is 0. The molecule has 2 rings (SSSR count). The Bertz CT molecular complexity index is 301. The molecule has 0 saturated heterocycles. The molecule has 0 heterocycles. The average molecular weight is 172 g/mol. The molecule has 0 nitrogen and oxygen atoms in total. The van der Waals surface area contributed by atoms with Crippen LogP contribution in [0, 0.1) is 6.92 Å². The second-order valence-electron chi connectivity index (χ2n) is 4.14. The minimum atomic E-state index is 0.468. The lowest BCUT2D eigenvalue weighted by molar-refractivity contribution is 0.707. The van der Waals surface area contributed by atoms with Crippen LogP contribution in [0.25, 0.3) is 0 Å². The molecule has 0 radical (unpaired) electrons. The standard InChI is InChI=1S/C13H16/c1-3-8-13(9-10-13)12-6-4-11(2)5-7-12/h3-7H,1,8-10H2,2H3. The van der Waals surface area contributed by atoms with Crippen molar-refractivity contribution in [1.29, 1.82) is 0 Å². The van der Waals surface area contributed by atoms with Crippen LogP contribution < -0.4 is 0 Å². The van der Waals surface area contributed by atoms with Gasteiger partial charge in [0.1, 0.15) is 0 Å². The second-order valence-corrected chi connectivity index (χ2v) is 4.14. The zero-order valence-electron chi connectivity index (χ0n) is 8.22. The zero-order valence-corrected chi connectivity index (χ0v) is 8.22. The molecule has 68 valence electrons. The van der Waals surface area contributed by atoms with Gasteiger partial charge in [-0.25, -0.2) is 0 Å². The summed E-state index contributed by atoms with van der Waals surface area (Å²) in [6.45, 7) is 5.96. The third kappa shape index (κ3) is 1.53. The normalized spacial score (nSPS) is 18.2. The van der Waals surface area contributed by atoms with Crippen molar-refractivity contribution in [1.82, 2.24) is 0 Å². The van der Waals surface area contributed by atoms with Gasteiger partial charge in [-0.15, -0.1) is 6.58 Å². The molecule has 13 heavy (non-hydrogen) atoms. The lowest BCUT2D eigenvalue weighted by Crippen LogP contribution is -2.04. The van der Waals surface area contributed by atoms with Crippen LogP contribution in [0.3, 0.4) is 0 Å². The van der Waals surface area contributed by atoms with Crippen LogP contribution >= 0.6 is 0 Å². The quantitative estimate of drug-likeness (QED) is 0.611. The van der Waals surface area contributed by atoms with E-state index in [1.54, 1.807) is 0 Å². The Morgan fingerprint density at radius 2 is 1.92 bits per heavy atom. The molecule has 1 aliphatic carbocycles. The van der Waals surface area contributed by atoms with Crippen molar-refractivity contribution >= 4 is 0 Å². The molecular weight excluding hydrogens is 156 g/mol. The fourth-order valence-corrected chi connectivity index (χ4v) is 1.94. The maximum Gasteiger partial charge on any atom is -0.00120 e. The topological polar surface area (TPSA) is 0 Å². The Morgan fingerprint density at radius 1 is 1.31 bits per heavy atom. The van der Waals surface area contributed by atoms with E-state index < -0.39 is 0 Å². The molecule has 0 N–H and O–H groups in total. The van der Waals surface area contributed by atoms with E-state index in [9.17, 15) is 0 Å². The van der Waals surface area contributed by atoms with Crippen LogP contribution in [-0.2, 0) is 5.41 Å². The first kappa shape index (κ1) is 8.55. The lowest BCUT2D eigenvalue weighted by Gasteiger charge is -2.12. The van der Waals surface area contributed by atoms with Crippen molar-refractivity contribution in [3.8, 4) is 0 Å². The highest BCUT2D eigenvalue weighted by Crippen LogP contribution is 2.51. The smallest absolute Gasteiger partial charge is 0.00120 e. The Labute approximate surface area is 80.3 Å². The van der Waals surface area contributed by atoms with Crippen LogP contribution in [0.2, 0.25) is 0 Å². The maximum absolute atomic E-state index is 3.83. The van der Waals surface area contributed by atoms with E-state index in [0.717, 1.165) is 6.42 Å². The first-order valence-corrected chi connectivity index (χ1v) is 4.95. The van der Waals surface area contributed by atoms with Crippen molar-refractivity contribution < 1.29 is 0 Å². The Morgan fingerprint density at radius 3 is 2.38 bits per heavy atom. The Balaban J connectivity index is 2.25. The van der Waals surface area contributed by atoms with Gasteiger partial charge >= 0.3 is 0 Å². The van der Waals surface area contributed by atoms with Crippen molar-refractivity contribution in [2.75, 3.05) is 0 Å². The van der Waals surface area contributed by atoms with Crippen molar-refractivity contribution in [2.45, 2.75) is 31.6 Å². The van der Waals surface area contributed by atoms with E-state index in [2.05, 4.69) is 37.8 Å². The SMILES string of the molecule is C=CCC1(c2ccc(C)cc2)CC1. The molecule has 0 aliphatic heterocycles. The molecule has 1 fully saturated rings. The molecule has 1 aromatic carbocycles. The minimum absolute atomic E-state index is 0.468. The van der Waals surface area contributed by atoms with Gasteiger partial charge in [0.15, 0.2) is 0 Å². The molecule has 0 aromatic heterocycles. The number of rotatable bonds is 3. The van der Waals surface area contributed by atoms with Crippen molar-refractivity contribution in [3.63, 3.8) is 0 Å². The van der Waals surface area contributed by atoms with Crippen LogP contribution in [0.5, 0.6) is 0 Å². The van der Waals surface area contributed by atoms with Gasteiger partial charge in [-0.05, 0) is 37.2 Å². The molecule has 0 amide bonds. The fraction of sp³-hybridized carbons (Fsp3) is 0.385. The van der Waals surface area contributed by atoms with E-state index >= 15 is 0 Å². The Hall–Kier alpha value is -1.04. The summed E-state index contributed by atoms with van der Waals surface area (Å²) in [6.07, 6.45) is 5.85. The summed E-state index contributed by atoms with van der Waals surface area (Å²) in [5.74, 6) is 0. The summed E-state index contributed by atoms with van der Waals surface area (Å²) in [7, 11) is 0. The van der Waals surface area contributed by atoms with E-state index in [1.165, 1.54) is 24.0 Å². The number of benzene rings is 1. The van der Waals surface area contributed by atoms with Gasteiger partial charge in [0.25, 0.3) is 0 Å². The average Bonchev–Trinajstić information content (AvgIpc) is 2.87. The molecule has 0 unspecified atom stereocenters. The highest BCUT2D eigenvalue weighted by atomic mass is 14.5. The van der Waals surface area contributed by atoms with Crippen molar-refractivity contribution in [2.24, 2.45) is 0 Å². The van der Waals surface area contributed by atoms with Crippen molar-refractivity contribution in [3.05, 3.63) is 48.0 Å². The molecule has 0 atom stereocenters. The molecule has 0 heteroatoms. The van der Waals surface area contributed by atoms with Gasteiger partial charge in [-0.2, -0.15) is 0 Å². The predicted molar refractivity (Wildman–Crippen MR) is 56.9 cm³/mol. The maximum atomic E-state index is 3.83. The molecule has 0 bridgehead atoms. The molecule has 0 spiro atoms. The van der Waals surface area contributed by atoms with Gasteiger partial charge in [-0.1, -0.05) is 35.9 Å². The van der Waals surface area contributed by atoms with Gasteiger partial charge < -0.3 is 0 Å². The molecular formula is C13H16. The molecule has 1 aromatic rings. The highest BCUT2D eigenvalue weighted by Gasteiger charge is 2.42. The van der Waals surface area contributed by atoms with Crippen LogP contribution in [0.1, 0.15) is 30.4 Å². The second kappa shape index (κ2) is 3.02. The Kier molecular flexibility index (Phi) is 1.99. The third-order valence-corrected chi connectivity index (χ3v) is 3.05. The van der Waals surface area contributed by atoms with Crippen LogP contribution in [0.15, 0.2) is 36.9 Å². The molecule has 1 saturated carbocycles. The van der Waals surface area contributed by atoms with E-state index in [-0.39, 0.29) is 0 Å². The van der Waals surface area contributed by atoms with Crippen LogP contribution in [-0.4, -0.2) is 0 Å². The lowest BCUT2D eigenvalue weighted by atomic mass is 9.92. The summed E-state index contributed by atoms with van der Waals surface area (Å²) in [5.41, 5.74) is 3.31. The highest BCUT2D eigenvalue weighted by molar-refractivity contribution is 5.34. The fourth-order valence-electron chi connectivity index (χ4n) is 1.94. The molecule has 1 aliphatic rings. The van der Waals surface area contributed by atoms with Gasteiger partial charge in [-0.3, -0.25) is 0 Å². The minimum Gasteiger partial charge on any atom is -0.103 e. The van der Waals surface area contributed by atoms with Gasteiger partial charge in [0.2, 0.25) is 0 Å². The summed E-state index contributed by atoms with van der Waals surface area (Å²) in [6, 6.07) is 8.95. The zero-order chi connectivity index (χ0) is 9.31. The van der Waals surface area contributed by atoms with E-state index in [4.69, 9.17) is 0 Å². The number of allylic oxidation sites excluding steroid dienone is 1. The van der Waals surface area contributed by atoms with Gasteiger partial charge in [0, 0.05) is 0 Å². The number of hydrogen-bond donors (Lipinski definition) is 0. The monoisotopic (exact) mass is 172 g/mol. The largest absolute Gasteiger partial charge is 0.103 e. The third-order valence-electron chi connectivity index (χ3n) is 3.05. The first-order chi connectivity index (χ1) is 6.27. The summed E-state index contributed by atoms with van der Waals surface area (Å²) >= 11 is 0. The predicted octanol–water partition coefficient (Wildman–Crippen LogP) is 3.60. The van der Waals surface area contributed by atoms with Crippen LogP contribution in [0.4, 0.5) is 0 Å².